The number of alkyl halides is 3. The van der Waals surface area contributed by atoms with Gasteiger partial charge in [0.1, 0.15) is 5.75 Å². The predicted octanol–water partition coefficient (Wildman–Crippen LogP) is 2.89. The third-order valence-electron chi connectivity index (χ3n) is 3.00. The van der Waals surface area contributed by atoms with E-state index >= 15 is 0 Å². The lowest BCUT2D eigenvalue weighted by molar-refractivity contribution is -0.248. The van der Waals surface area contributed by atoms with Crippen LogP contribution in [-0.2, 0) is 5.60 Å². The van der Waals surface area contributed by atoms with E-state index in [1.807, 2.05) is 0 Å². The molecule has 1 aromatic carbocycles. The van der Waals surface area contributed by atoms with E-state index < -0.39 is 11.8 Å². The number of rotatable bonds is 3. The van der Waals surface area contributed by atoms with E-state index in [4.69, 9.17) is 4.74 Å². The Balaban J connectivity index is 2.64. The number of aliphatic hydroxyl groups is 1. The van der Waals surface area contributed by atoms with E-state index in [1.165, 1.54) is 37.7 Å². The molecule has 20 heavy (non-hydrogen) atoms. The van der Waals surface area contributed by atoms with Crippen molar-refractivity contribution in [1.29, 1.82) is 0 Å². The summed E-state index contributed by atoms with van der Waals surface area (Å²) in [4.78, 5) is 3.67. The molecule has 0 fully saturated rings. The number of hydrogen-bond acceptors (Lipinski definition) is 3. The number of hydrogen-bond donors (Lipinski definition) is 1. The quantitative estimate of drug-likeness (QED) is 0.941. The van der Waals surface area contributed by atoms with Crippen molar-refractivity contribution >= 4 is 0 Å². The van der Waals surface area contributed by atoms with Crippen molar-refractivity contribution in [1.82, 2.24) is 4.98 Å². The molecule has 6 heteroatoms. The standard InChI is InChI=1S/C14H12F3NO2/c1-20-12-4-2-3-11(9-12)13(19,14(15,16)17)10-5-7-18-8-6-10/h2-9,19H,1H3. The highest BCUT2D eigenvalue weighted by Gasteiger charge is 2.56. The molecule has 0 aliphatic carbocycles. The van der Waals surface area contributed by atoms with Gasteiger partial charge in [-0.25, -0.2) is 0 Å². The van der Waals surface area contributed by atoms with Gasteiger partial charge >= 0.3 is 6.18 Å². The maximum Gasteiger partial charge on any atom is 0.425 e. The van der Waals surface area contributed by atoms with Gasteiger partial charge in [-0.2, -0.15) is 13.2 Å². The van der Waals surface area contributed by atoms with Gasteiger partial charge in [-0.05, 0) is 24.3 Å². The molecule has 1 heterocycles. The number of ether oxygens (including phenoxy) is 1. The van der Waals surface area contributed by atoms with Gasteiger partial charge in [0.2, 0.25) is 5.60 Å². The van der Waals surface area contributed by atoms with Gasteiger partial charge in [-0.3, -0.25) is 4.98 Å². The molecule has 0 radical (unpaired) electrons. The highest BCUT2D eigenvalue weighted by atomic mass is 19.4. The van der Waals surface area contributed by atoms with E-state index in [-0.39, 0.29) is 16.9 Å². The van der Waals surface area contributed by atoms with Crippen LogP contribution in [0.2, 0.25) is 0 Å². The first-order valence-corrected chi connectivity index (χ1v) is 5.73. The van der Waals surface area contributed by atoms with Crippen LogP contribution in [0.1, 0.15) is 11.1 Å². The summed E-state index contributed by atoms with van der Waals surface area (Å²) in [6.45, 7) is 0. The maximum absolute atomic E-state index is 13.4. The van der Waals surface area contributed by atoms with Gasteiger partial charge in [-0.1, -0.05) is 12.1 Å². The summed E-state index contributed by atoms with van der Waals surface area (Å²) in [7, 11) is 1.35. The summed E-state index contributed by atoms with van der Waals surface area (Å²) in [5.74, 6) is 0.235. The average molecular weight is 283 g/mol. The third kappa shape index (κ3) is 2.34. The average Bonchev–Trinajstić information content (AvgIpc) is 2.46. The van der Waals surface area contributed by atoms with E-state index in [0.29, 0.717) is 0 Å². The second kappa shape index (κ2) is 5.13. The van der Waals surface area contributed by atoms with Crippen molar-refractivity contribution in [2.75, 3.05) is 7.11 Å². The van der Waals surface area contributed by atoms with Crippen LogP contribution in [0.3, 0.4) is 0 Å². The molecule has 1 aromatic heterocycles. The van der Waals surface area contributed by atoms with Crippen molar-refractivity contribution < 1.29 is 23.0 Å². The van der Waals surface area contributed by atoms with E-state index in [9.17, 15) is 18.3 Å². The van der Waals surface area contributed by atoms with Crippen LogP contribution in [0.25, 0.3) is 0 Å². The highest BCUT2D eigenvalue weighted by molar-refractivity contribution is 5.40. The summed E-state index contributed by atoms with van der Waals surface area (Å²) >= 11 is 0. The van der Waals surface area contributed by atoms with Gasteiger partial charge in [0.05, 0.1) is 7.11 Å². The molecule has 2 aromatic rings. The van der Waals surface area contributed by atoms with Crippen molar-refractivity contribution in [2.24, 2.45) is 0 Å². The Morgan fingerprint density at radius 3 is 2.25 bits per heavy atom. The van der Waals surface area contributed by atoms with Crippen LogP contribution in [0.15, 0.2) is 48.8 Å². The zero-order valence-electron chi connectivity index (χ0n) is 10.6. The minimum atomic E-state index is -4.87. The second-order valence-electron chi connectivity index (χ2n) is 4.18. The maximum atomic E-state index is 13.4. The van der Waals surface area contributed by atoms with E-state index in [2.05, 4.69) is 4.98 Å². The number of benzene rings is 1. The number of aromatic nitrogens is 1. The molecule has 0 amide bonds. The van der Waals surface area contributed by atoms with Crippen molar-refractivity contribution in [2.45, 2.75) is 11.8 Å². The molecular weight excluding hydrogens is 271 g/mol. The molecule has 3 nitrogen and oxygen atoms in total. The number of nitrogens with zero attached hydrogens (tertiary/aromatic N) is 1. The third-order valence-corrected chi connectivity index (χ3v) is 3.00. The zero-order chi connectivity index (χ0) is 14.8. The van der Waals surface area contributed by atoms with Crippen LogP contribution < -0.4 is 4.74 Å². The molecule has 0 saturated carbocycles. The Hall–Kier alpha value is -2.08. The molecule has 0 aliphatic heterocycles. The molecule has 0 bridgehead atoms. The molecule has 1 N–H and O–H groups in total. The largest absolute Gasteiger partial charge is 0.497 e. The van der Waals surface area contributed by atoms with Gasteiger partial charge in [0.15, 0.2) is 0 Å². The van der Waals surface area contributed by atoms with Gasteiger partial charge < -0.3 is 9.84 Å². The molecule has 106 valence electrons. The minimum absolute atomic E-state index is 0.235. The van der Waals surface area contributed by atoms with Gasteiger partial charge in [0.25, 0.3) is 0 Å². The monoisotopic (exact) mass is 283 g/mol. The van der Waals surface area contributed by atoms with Crippen molar-refractivity contribution in [3.63, 3.8) is 0 Å². The molecular formula is C14H12F3NO2. The summed E-state index contributed by atoms with van der Waals surface area (Å²) in [5.41, 5.74) is -3.71. The Morgan fingerprint density at radius 2 is 1.70 bits per heavy atom. The van der Waals surface area contributed by atoms with Gasteiger partial charge in [-0.15, -0.1) is 0 Å². The number of pyridine rings is 1. The fourth-order valence-electron chi connectivity index (χ4n) is 1.94. The first-order valence-electron chi connectivity index (χ1n) is 5.73. The Bertz CT molecular complexity index is 586. The number of halogens is 3. The smallest absolute Gasteiger partial charge is 0.425 e. The lowest BCUT2D eigenvalue weighted by Gasteiger charge is -2.31. The summed E-state index contributed by atoms with van der Waals surface area (Å²) in [5, 5.41) is 10.3. The molecule has 1 unspecified atom stereocenters. The molecule has 0 spiro atoms. The molecule has 1 atom stereocenters. The van der Waals surface area contributed by atoms with Crippen LogP contribution in [-0.4, -0.2) is 23.4 Å². The predicted molar refractivity (Wildman–Crippen MR) is 66.3 cm³/mol. The van der Waals surface area contributed by atoms with E-state index in [1.54, 1.807) is 0 Å². The van der Waals surface area contributed by atoms with Crippen LogP contribution >= 0.6 is 0 Å². The van der Waals surface area contributed by atoms with E-state index in [0.717, 1.165) is 18.2 Å². The Morgan fingerprint density at radius 1 is 1.05 bits per heavy atom. The summed E-state index contributed by atoms with van der Waals surface area (Å²) in [6.07, 6.45) is -2.47. The normalized spacial score (nSPS) is 14.7. The SMILES string of the molecule is COc1cccc(C(O)(c2ccncc2)C(F)(F)F)c1. The summed E-state index contributed by atoms with van der Waals surface area (Å²) < 4.78 is 45.1. The molecule has 0 aliphatic rings. The second-order valence-corrected chi connectivity index (χ2v) is 4.18. The number of methoxy groups -OCH3 is 1. The Labute approximate surface area is 113 Å². The van der Waals surface area contributed by atoms with Crippen molar-refractivity contribution in [3.05, 3.63) is 59.9 Å². The Kier molecular flexibility index (Phi) is 3.67. The fraction of sp³-hybridized carbons (Fsp3) is 0.214. The fourth-order valence-corrected chi connectivity index (χ4v) is 1.94. The molecule has 0 saturated heterocycles. The lowest BCUT2D eigenvalue weighted by atomic mass is 9.86. The minimum Gasteiger partial charge on any atom is -0.497 e. The first-order chi connectivity index (χ1) is 9.39. The summed E-state index contributed by atoms with van der Waals surface area (Å²) in [6, 6.07) is 7.53. The van der Waals surface area contributed by atoms with Gasteiger partial charge in [0, 0.05) is 23.5 Å². The van der Waals surface area contributed by atoms with Crippen LogP contribution in [0.4, 0.5) is 13.2 Å². The zero-order valence-corrected chi connectivity index (χ0v) is 10.6. The first kappa shape index (κ1) is 14.3. The molecule has 2 rings (SSSR count). The topological polar surface area (TPSA) is 42.4 Å². The van der Waals surface area contributed by atoms with Crippen LogP contribution in [0, 0.1) is 0 Å². The van der Waals surface area contributed by atoms with Crippen LogP contribution in [0.5, 0.6) is 5.75 Å². The van der Waals surface area contributed by atoms with Crippen molar-refractivity contribution in [3.8, 4) is 5.75 Å². The highest BCUT2D eigenvalue weighted by Crippen LogP contribution is 2.44. The lowest BCUT2D eigenvalue weighted by Crippen LogP contribution is -2.43.